The molecule has 5 heteroatoms. The Hall–Kier alpha value is -4.12. The molecule has 0 spiro atoms. The Morgan fingerprint density at radius 3 is 1.90 bits per heavy atom. The number of ether oxygens (including phenoxy) is 1. The average Bonchev–Trinajstić information content (AvgIpc) is 3.21. The van der Waals surface area contributed by atoms with Crippen LogP contribution in [-0.4, -0.2) is 15.0 Å². The molecular weight excluding hydrogens is 360 g/mol. The van der Waals surface area contributed by atoms with Crippen LogP contribution in [0, 0.1) is 0 Å². The minimum Gasteiger partial charge on any atom is -0.453 e. The van der Waals surface area contributed by atoms with Gasteiger partial charge in [-0.1, -0.05) is 42.5 Å². The minimum absolute atomic E-state index is 0.833. The van der Waals surface area contributed by atoms with Gasteiger partial charge in [0.15, 0.2) is 11.5 Å². The van der Waals surface area contributed by atoms with Gasteiger partial charge in [0.2, 0.25) is 0 Å². The van der Waals surface area contributed by atoms with Gasteiger partial charge < -0.3 is 9.64 Å². The maximum Gasteiger partial charge on any atom is 0.151 e. The lowest BCUT2D eigenvalue weighted by Gasteiger charge is -2.32. The topological polar surface area (TPSA) is 43.2 Å². The highest BCUT2D eigenvalue weighted by Crippen LogP contribution is 2.50. The Bertz CT molecular complexity index is 1300. The molecule has 5 aromatic rings. The molecule has 1 aromatic heterocycles. The molecule has 138 valence electrons. The number of fused-ring (bicyclic) bond motifs is 3. The fourth-order valence-electron chi connectivity index (χ4n) is 3.70. The number of para-hydroxylation sites is 5. The summed E-state index contributed by atoms with van der Waals surface area (Å²) in [5.74, 6) is 1.67. The summed E-state index contributed by atoms with van der Waals surface area (Å²) in [7, 11) is 0. The van der Waals surface area contributed by atoms with Gasteiger partial charge in [-0.15, -0.1) is 10.2 Å². The highest BCUT2D eigenvalue weighted by atomic mass is 16.5. The van der Waals surface area contributed by atoms with E-state index in [9.17, 15) is 0 Å². The molecular formula is C24H16N4O. The monoisotopic (exact) mass is 376 g/mol. The number of hydrogen-bond donors (Lipinski definition) is 0. The van der Waals surface area contributed by atoms with Crippen molar-refractivity contribution in [3.05, 3.63) is 97.1 Å². The van der Waals surface area contributed by atoms with Crippen molar-refractivity contribution in [2.75, 3.05) is 4.90 Å². The van der Waals surface area contributed by atoms with Crippen LogP contribution in [0.4, 0.5) is 17.1 Å². The molecule has 6 rings (SSSR count). The Balaban J connectivity index is 1.52. The second-order valence-corrected chi connectivity index (χ2v) is 6.87. The molecule has 5 nitrogen and oxygen atoms in total. The first kappa shape index (κ1) is 15.9. The molecule has 0 radical (unpaired) electrons. The molecule has 0 bridgehead atoms. The molecule has 1 aliphatic heterocycles. The van der Waals surface area contributed by atoms with E-state index in [1.54, 1.807) is 4.80 Å². The number of aromatic nitrogens is 3. The zero-order valence-electron chi connectivity index (χ0n) is 15.4. The lowest BCUT2D eigenvalue weighted by Crippen LogP contribution is -2.15. The summed E-state index contributed by atoms with van der Waals surface area (Å²) < 4.78 is 6.10. The Morgan fingerprint density at radius 2 is 1.17 bits per heavy atom. The van der Waals surface area contributed by atoms with Gasteiger partial charge in [-0.2, -0.15) is 4.80 Å². The third kappa shape index (κ3) is 2.56. The van der Waals surface area contributed by atoms with Gasteiger partial charge in [0.1, 0.15) is 11.0 Å². The van der Waals surface area contributed by atoms with E-state index >= 15 is 0 Å². The SMILES string of the molecule is c1ccc(-n2nc3ccc(N4c5ccccc5Oc5ccccc54)cc3n2)cc1. The number of anilines is 3. The lowest BCUT2D eigenvalue weighted by molar-refractivity contribution is 0.477. The van der Waals surface area contributed by atoms with Gasteiger partial charge >= 0.3 is 0 Å². The van der Waals surface area contributed by atoms with E-state index in [1.165, 1.54) is 0 Å². The molecule has 29 heavy (non-hydrogen) atoms. The first-order chi connectivity index (χ1) is 14.4. The highest BCUT2D eigenvalue weighted by molar-refractivity contribution is 5.89. The van der Waals surface area contributed by atoms with E-state index < -0.39 is 0 Å². The fraction of sp³-hybridized carbons (Fsp3) is 0. The number of hydrogen-bond acceptors (Lipinski definition) is 4. The predicted octanol–water partition coefficient (Wildman–Crippen LogP) is 6.00. The van der Waals surface area contributed by atoms with Crippen molar-refractivity contribution in [3.8, 4) is 17.2 Å². The maximum absolute atomic E-state index is 6.10. The maximum atomic E-state index is 6.10. The number of rotatable bonds is 2. The first-order valence-electron chi connectivity index (χ1n) is 9.45. The smallest absolute Gasteiger partial charge is 0.151 e. The van der Waals surface area contributed by atoms with Crippen molar-refractivity contribution in [2.24, 2.45) is 0 Å². The number of benzene rings is 4. The molecule has 2 heterocycles. The van der Waals surface area contributed by atoms with Crippen LogP contribution in [0.15, 0.2) is 97.1 Å². The van der Waals surface area contributed by atoms with E-state index in [0.717, 1.165) is 45.3 Å². The van der Waals surface area contributed by atoms with Crippen molar-refractivity contribution in [3.63, 3.8) is 0 Å². The summed E-state index contributed by atoms with van der Waals surface area (Å²) in [6.45, 7) is 0. The van der Waals surface area contributed by atoms with Crippen LogP contribution in [-0.2, 0) is 0 Å². The molecule has 0 fully saturated rings. The summed E-state index contributed by atoms with van der Waals surface area (Å²) in [5.41, 5.74) is 5.65. The van der Waals surface area contributed by atoms with Crippen LogP contribution >= 0.6 is 0 Å². The average molecular weight is 376 g/mol. The number of nitrogens with zero attached hydrogens (tertiary/aromatic N) is 4. The largest absolute Gasteiger partial charge is 0.453 e. The Labute approximate surface area is 167 Å². The van der Waals surface area contributed by atoms with Crippen LogP contribution in [0.25, 0.3) is 16.7 Å². The van der Waals surface area contributed by atoms with Gasteiger partial charge in [0.25, 0.3) is 0 Å². The van der Waals surface area contributed by atoms with Crippen LogP contribution in [0.5, 0.6) is 11.5 Å². The van der Waals surface area contributed by atoms with E-state index in [1.807, 2.05) is 72.8 Å². The molecule has 0 amide bonds. The molecule has 0 aliphatic carbocycles. The highest BCUT2D eigenvalue weighted by Gasteiger charge is 2.25. The third-order valence-electron chi connectivity index (χ3n) is 5.04. The molecule has 1 aliphatic rings. The summed E-state index contributed by atoms with van der Waals surface area (Å²) in [5, 5.41) is 9.32. The molecule has 0 saturated carbocycles. The second-order valence-electron chi connectivity index (χ2n) is 6.87. The van der Waals surface area contributed by atoms with Crippen molar-refractivity contribution in [1.29, 1.82) is 0 Å². The molecule has 0 atom stereocenters. The van der Waals surface area contributed by atoms with E-state index in [2.05, 4.69) is 34.3 Å². The predicted molar refractivity (Wildman–Crippen MR) is 114 cm³/mol. The van der Waals surface area contributed by atoms with Crippen LogP contribution < -0.4 is 9.64 Å². The molecule has 4 aromatic carbocycles. The van der Waals surface area contributed by atoms with Gasteiger partial charge in [-0.3, -0.25) is 0 Å². The van der Waals surface area contributed by atoms with Gasteiger partial charge in [0.05, 0.1) is 17.1 Å². The standard InChI is InChI=1S/C24H16N4O/c1-2-8-17(9-3-1)28-25-19-15-14-18(16-20(19)26-28)27-21-10-4-6-12-23(21)29-24-13-7-5-11-22(24)27/h1-16H. The van der Waals surface area contributed by atoms with Gasteiger partial charge in [-0.05, 0) is 54.6 Å². The van der Waals surface area contributed by atoms with Crippen LogP contribution in [0.3, 0.4) is 0 Å². The van der Waals surface area contributed by atoms with Crippen molar-refractivity contribution >= 4 is 28.1 Å². The normalized spacial score (nSPS) is 12.3. The zero-order chi connectivity index (χ0) is 19.2. The second kappa shape index (κ2) is 6.21. The van der Waals surface area contributed by atoms with Gasteiger partial charge in [-0.25, -0.2) is 0 Å². The molecule has 0 saturated heterocycles. The van der Waals surface area contributed by atoms with Crippen molar-refractivity contribution in [2.45, 2.75) is 0 Å². The van der Waals surface area contributed by atoms with Crippen LogP contribution in [0.2, 0.25) is 0 Å². The summed E-state index contributed by atoms with van der Waals surface area (Å²) in [4.78, 5) is 3.88. The third-order valence-corrected chi connectivity index (χ3v) is 5.04. The minimum atomic E-state index is 0.833. The van der Waals surface area contributed by atoms with Crippen molar-refractivity contribution < 1.29 is 4.74 Å². The summed E-state index contributed by atoms with van der Waals surface area (Å²) in [6, 6.07) is 32.2. The molecule has 0 N–H and O–H groups in total. The van der Waals surface area contributed by atoms with Crippen LogP contribution in [0.1, 0.15) is 0 Å². The van der Waals surface area contributed by atoms with E-state index in [0.29, 0.717) is 0 Å². The van der Waals surface area contributed by atoms with E-state index in [-0.39, 0.29) is 0 Å². The first-order valence-corrected chi connectivity index (χ1v) is 9.45. The van der Waals surface area contributed by atoms with E-state index in [4.69, 9.17) is 9.84 Å². The lowest BCUT2D eigenvalue weighted by atomic mass is 10.1. The molecule has 0 unspecified atom stereocenters. The summed E-state index contributed by atoms with van der Waals surface area (Å²) in [6.07, 6.45) is 0. The Morgan fingerprint density at radius 1 is 0.552 bits per heavy atom. The van der Waals surface area contributed by atoms with Crippen molar-refractivity contribution in [1.82, 2.24) is 15.0 Å². The van der Waals surface area contributed by atoms with Gasteiger partial charge in [0, 0.05) is 5.69 Å². The summed E-state index contributed by atoms with van der Waals surface area (Å²) >= 11 is 0. The zero-order valence-corrected chi connectivity index (χ0v) is 15.4. The Kier molecular flexibility index (Phi) is 3.40. The fourth-order valence-corrected chi connectivity index (χ4v) is 3.70. The quantitative estimate of drug-likeness (QED) is 0.372.